The second kappa shape index (κ2) is 9.97. The van der Waals surface area contributed by atoms with Crippen LogP contribution in [0, 0.1) is 0 Å². The standard InChI is InChI=1S/C25H32N4O5/c1-7-33-15-8-9-17-18(10-15)19-11-16(34-14(2)30)12-21(31-5)23(19)27-22(17)20-13-26-25(29(3)4)28-24(20)32-6/h8-10,13,16,19,21,23H,7,11-12H2,1-6H3/t16-,19-,21?,23-/m1/s1. The van der Waals surface area contributed by atoms with E-state index in [-0.39, 0.29) is 30.1 Å². The number of carbonyl (C=O) groups is 1. The lowest BCUT2D eigenvalue weighted by molar-refractivity contribution is -0.150. The van der Waals surface area contributed by atoms with E-state index >= 15 is 0 Å². The van der Waals surface area contributed by atoms with E-state index in [4.69, 9.17) is 23.9 Å². The lowest BCUT2D eigenvalue weighted by Gasteiger charge is -2.42. The molecule has 2 heterocycles. The van der Waals surface area contributed by atoms with E-state index in [0.29, 0.717) is 36.8 Å². The maximum atomic E-state index is 11.7. The Kier molecular flexibility index (Phi) is 7.02. The van der Waals surface area contributed by atoms with Crippen molar-refractivity contribution in [2.24, 2.45) is 4.99 Å². The third-order valence-corrected chi connectivity index (χ3v) is 6.30. The highest BCUT2D eigenvalue weighted by molar-refractivity contribution is 6.15. The first-order valence-corrected chi connectivity index (χ1v) is 11.5. The zero-order valence-electron chi connectivity index (χ0n) is 20.6. The van der Waals surface area contributed by atoms with Crippen LogP contribution in [-0.4, -0.2) is 74.8 Å². The van der Waals surface area contributed by atoms with Crippen LogP contribution in [-0.2, 0) is 14.3 Å². The summed E-state index contributed by atoms with van der Waals surface area (Å²) in [4.78, 5) is 27.8. The van der Waals surface area contributed by atoms with E-state index in [0.717, 1.165) is 22.6 Å². The number of hydrogen-bond donors (Lipinski definition) is 0. The molecule has 0 spiro atoms. The van der Waals surface area contributed by atoms with Crippen LogP contribution < -0.4 is 14.4 Å². The molecule has 2 aliphatic rings. The quantitative estimate of drug-likeness (QED) is 0.573. The van der Waals surface area contributed by atoms with Gasteiger partial charge in [-0.3, -0.25) is 9.79 Å². The summed E-state index contributed by atoms with van der Waals surface area (Å²) in [5.74, 6) is 1.52. The highest BCUT2D eigenvalue weighted by Gasteiger charge is 2.44. The van der Waals surface area contributed by atoms with E-state index in [1.54, 1.807) is 20.4 Å². The Balaban J connectivity index is 1.85. The van der Waals surface area contributed by atoms with Crippen molar-refractivity contribution in [3.8, 4) is 11.6 Å². The van der Waals surface area contributed by atoms with Crippen molar-refractivity contribution in [2.75, 3.05) is 39.8 Å². The van der Waals surface area contributed by atoms with E-state index in [2.05, 4.69) is 16.0 Å². The number of ether oxygens (including phenoxy) is 4. The number of rotatable bonds is 7. The average Bonchev–Trinajstić information content (AvgIpc) is 2.82. The van der Waals surface area contributed by atoms with Crippen LogP contribution >= 0.6 is 0 Å². The minimum atomic E-state index is -0.288. The van der Waals surface area contributed by atoms with Crippen LogP contribution in [0.1, 0.15) is 49.3 Å². The molecule has 1 fully saturated rings. The molecule has 1 aliphatic heterocycles. The SMILES string of the molecule is CCOc1ccc2c(c1)[C@H]1C[C@@H](OC(C)=O)CC(OC)[C@@H]1N=C2c1cnc(N(C)C)nc1OC. The number of fused-ring (bicyclic) bond motifs is 3. The Bertz CT molecular complexity index is 1090. The minimum Gasteiger partial charge on any atom is -0.494 e. The monoisotopic (exact) mass is 468 g/mol. The second-order valence-electron chi connectivity index (χ2n) is 8.72. The summed E-state index contributed by atoms with van der Waals surface area (Å²) in [6, 6.07) is 5.87. The summed E-state index contributed by atoms with van der Waals surface area (Å²) >= 11 is 0. The van der Waals surface area contributed by atoms with Crippen molar-refractivity contribution in [3.63, 3.8) is 0 Å². The normalized spacial score (nSPS) is 23.3. The van der Waals surface area contributed by atoms with Gasteiger partial charge in [-0.25, -0.2) is 4.98 Å². The van der Waals surface area contributed by atoms with Gasteiger partial charge < -0.3 is 23.8 Å². The fraction of sp³-hybridized carbons (Fsp3) is 0.520. The summed E-state index contributed by atoms with van der Waals surface area (Å²) < 4.78 is 22.9. The van der Waals surface area contributed by atoms with Crippen molar-refractivity contribution in [2.45, 2.75) is 50.9 Å². The van der Waals surface area contributed by atoms with Gasteiger partial charge in [-0.05, 0) is 37.1 Å². The van der Waals surface area contributed by atoms with Crippen molar-refractivity contribution in [3.05, 3.63) is 41.1 Å². The first kappa shape index (κ1) is 23.9. The molecular weight excluding hydrogens is 436 g/mol. The number of anilines is 1. The number of benzene rings is 1. The zero-order valence-corrected chi connectivity index (χ0v) is 20.6. The molecule has 4 atom stereocenters. The molecule has 0 bridgehead atoms. The lowest BCUT2D eigenvalue weighted by Crippen LogP contribution is -2.45. The number of nitrogens with zero attached hydrogens (tertiary/aromatic N) is 4. The molecule has 0 amide bonds. The average molecular weight is 469 g/mol. The fourth-order valence-electron chi connectivity index (χ4n) is 4.87. The molecule has 1 unspecified atom stereocenters. The fourth-order valence-corrected chi connectivity index (χ4v) is 4.87. The molecule has 1 saturated carbocycles. The second-order valence-corrected chi connectivity index (χ2v) is 8.72. The molecule has 0 radical (unpaired) electrons. The summed E-state index contributed by atoms with van der Waals surface area (Å²) in [7, 11) is 7.03. The van der Waals surface area contributed by atoms with Gasteiger partial charge in [0.1, 0.15) is 11.9 Å². The molecule has 182 valence electrons. The van der Waals surface area contributed by atoms with Crippen LogP contribution in [0.25, 0.3) is 0 Å². The van der Waals surface area contributed by atoms with E-state index in [1.807, 2.05) is 38.1 Å². The topological polar surface area (TPSA) is 95.4 Å². The van der Waals surface area contributed by atoms with Crippen molar-refractivity contribution < 1.29 is 23.7 Å². The molecule has 1 aromatic carbocycles. The van der Waals surface area contributed by atoms with Crippen molar-refractivity contribution in [1.82, 2.24) is 9.97 Å². The van der Waals surface area contributed by atoms with E-state index < -0.39 is 0 Å². The molecule has 1 aliphatic carbocycles. The molecule has 9 nitrogen and oxygen atoms in total. The van der Waals surface area contributed by atoms with Crippen LogP contribution in [0.5, 0.6) is 11.6 Å². The predicted molar refractivity (Wildman–Crippen MR) is 128 cm³/mol. The third kappa shape index (κ3) is 4.57. The molecule has 34 heavy (non-hydrogen) atoms. The van der Waals surface area contributed by atoms with Gasteiger partial charge in [0.15, 0.2) is 0 Å². The number of aliphatic imine (C=N–C) groups is 1. The number of esters is 1. The van der Waals surface area contributed by atoms with Crippen molar-refractivity contribution >= 4 is 17.6 Å². The Morgan fingerprint density at radius 1 is 1.18 bits per heavy atom. The molecule has 1 aromatic heterocycles. The summed E-state index contributed by atoms with van der Waals surface area (Å²) in [6.07, 6.45) is 2.56. The minimum absolute atomic E-state index is 0.00941. The highest BCUT2D eigenvalue weighted by atomic mass is 16.5. The van der Waals surface area contributed by atoms with E-state index in [1.165, 1.54) is 6.92 Å². The third-order valence-electron chi connectivity index (χ3n) is 6.30. The van der Waals surface area contributed by atoms with Crippen LogP contribution in [0.15, 0.2) is 29.4 Å². The van der Waals surface area contributed by atoms with Gasteiger partial charge in [-0.2, -0.15) is 4.98 Å². The maximum Gasteiger partial charge on any atom is 0.302 e. The van der Waals surface area contributed by atoms with Crippen LogP contribution in [0.4, 0.5) is 5.95 Å². The Labute approximate surface area is 200 Å². The summed E-state index contributed by atoms with van der Waals surface area (Å²) in [5, 5.41) is 0. The van der Waals surface area contributed by atoms with Gasteiger partial charge in [-0.15, -0.1) is 0 Å². The molecule has 9 heteroatoms. The predicted octanol–water partition coefficient (Wildman–Crippen LogP) is 2.99. The summed E-state index contributed by atoms with van der Waals surface area (Å²) in [6.45, 7) is 3.97. The van der Waals surface area contributed by atoms with Gasteiger partial charge in [0.05, 0.1) is 37.1 Å². The smallest absolute Gasteiger partial charge is 0.302 e. The van der Waals surface area contributed by atoms with Crippen LogP contribution in [0.2, 0.25) is 0 Å². The molecule has 4 rings (SSSR count). The number of methoxy groups -OCH3 is 2. The Hall–Kier alpha value is -3.20. The number of hydrogen-bond acceptors (Lipinski definition) is 9. The molecule has 0 N–H and O–H groups in total. The largest absolute Gasteiger partial charge is 0.494 e. The number of aromatic nitrogens is 2. The van der Waals surface area contributed by atoms with E-state index in [9.17, 15) is 4.79 Å². The zero-order chi connectivity index (χ0) is 24.4. The lowest BCUT2D eigenvalue weighted by atomic mass is 9.72. The van der Waals surface area contributed by atoms with Gasteiger partial charge in [-0.1, -0.05) is 0 Å². The molecular formula is C25H32N4O5. The van der Waals surface area contributed by atoms with Crippen LogP contribution in [0.3, 0.4) is 0 Å². The first-order chi connectivity index (χ1) is 16.4. The first-order valence-electron chi connectivity index (χ1n) is 11.5. The van der Waals surface area contributed by atoms with Gasteiger partial charge in [0, 0.05) is 52.2 Å². The number of carbonyl (C=O) groups excluding carboxylic acids is 1. The maximum absolute atomic E-state index is 11.7. The Morgan fingerprint density at radius 3 is 2.62 bits per heavy atom. The van der Waals surface area contributed by atoms with Gasteiger partial charge in [0.2, 0.25) is 11.8 Å². The summed E-state index contributed by atoms with van der Waals surface area (Å²) in [5.41, 5.74) is 3.52. The van der Waals surface area contributed by atoms with Gasteiger partial charge >= 0.3 is 5.97 Å². The molecule has 2 aromatic rings. The van der Waals surface area contributed by atoms with Gasteiger partial charge in [0.25, 0.3) is 0 Å². The Morgan fingerprint density at radius 2 is 1.97 bits per heavy atom. The molecule has 0 saturated heterocycles. The highest BCUT2D eigenvalue weighted by Crippen LogP contribution is 2.44. The van der Waals surface area contributed by atoms with Crippen molar-refractivity contribution in [1.29, 1.82) is 0 Å².